The average Bonchev–Trinajstić information content (AvgIpc) is 2.66. The van der Waals surface area contributed by atoms with Crippen LogP contribution in [-0.4, -0.2) is 18.1 Å². The molecule has 0 saturated carbocycles. The van der Waals surface area contributed by atoms with Gasteiger partial charge in [0.05, 0.1) is 4.88 Å². The monoisotopic (exact) mass is 216 g/mol. The van der Waals surface area contributed by atoms with Crippen LogP contribution in [0.5, 0.6) is 0 Å². The van der Waals surface area contributed by atoms with Gasteiger partial charge in [0.2, 0.25) is 0 Å². The summed E-state index contributed by atoms with van der Waals surface area (Å²) in [5.74, 6) is 0. The highest BCUT2D eigenvalue weighted by Gasteiger charge is 2.17. The summed E-state index contributed by atoms with van der Waals surface area (Å²) < 4.78 is 0. The molecule has 3 rings (SSSR count). The Morgan fingerprint density at radius 2 is 1.93 bits per heavy atom. The number of hydrogen-bond donors (Lipinski definition) is 0. The molecule has 3 heteroatoms. The molecule has 0 aliphatic carbocycles. The first kappa shape index (κ1) is 8.92. The summed E-state index contributed by atoms with van der Waals surface area (Å²) in [5, 5.41) is 1.17. The van der Waals surface area contributed by atoms with Gasteiger partial charge in [0.15, 0.2) is 5.13 Å². The van der Waals surface area contributed by atoms with E-state index in [0.717, 1.165) is 0 Å². The van der Waals surface area contributed by atoms with Crippen LogP contribution in [0.4, 0.5) is 5.13 Å². The topological polar surface area (TPSA) is 16.1 Å². The maximum Gasteiger partial charge on any atom is 0.185 e. The van der Waals surface area contributed by atoms with E-state index in [0.29, 0.717) is 0 Å². The predicted molar refractivity (Wildman–Crippen MR) is 64.4 cm³/mol. The third-order valence-electron chi connectivity index (χ3n) is 2.68. The molecule has 1 aromatic carbocycles. The van der Waals surface area contributed by atoms with E-state index in [1.807, 2.05) is 12.3 Å². The first-order chi connectivity index (χ1) is 7.43. The summed E-state index contributed by atoms with van der Waals surface area (Å²) in [5.41, 5.74) is 1.27. The highest BCUT2D eigenvalue weighted by molar-refractivity contribution is 7.18. The van der Waals surface area contributed by atoms with Crippen LogP contribution in [0.3, 0.4) is 0 Å². The van der Waals surface area contributed by atoms with E-state index in [4.69, 9.17) is 0 Å². The quantitative estimate of drug-likeness (QED) is 0.767. The number of nitrogens with zero attached hydrogens (tertiary/aromatic N) is 2. The fourth-order valence-corrected chi connectivity index (χ4v) is 2.63. The van der Waals surface area contributed by atoms with Gasteiger partial charge >= 0.3 is 0 Å². The Kier molecular flexibility index (Phi) is 2.18. The van der Waals surface area contributed by atoms with E-state index >= 15 is 0 Å². The van der Waals surface area contributed by atoms with Gasteiger partial charge < -0.3 is 4.90 Å². The molecule has 0 bridgehead atoms. The van der Waals surface area contributed by atoms with Crippen molar-refractivity contribution < 1.29 is 0 Å². The van der Waals surface area contributed by atoms with E-state index in [2.05, 4.69) is 34.1 Å². The summed E-state index contributed by atoms with van der Waals surface area (Å²) >= 11 is 1.78. The number of aromatic nitrogens is 1. The molecule has 0 N–H and O–H groups in total. The van der Waals surface area contributed by atoms with Gasteiger partial charge in [-0.05, 0) is 12.0 Å². The molecular weight excluding hydrogens is 204 g/mol. The van der Waals surface area contributed by atoms with Crippen molar-refractivity contribution in [2.75, 3.05) is 18.0 Å². The van der Waals surface area contributed by atoms with Crippen molar-refractivity contribution in [3.63, 3.8) is 0 Å². The van der Waals surface area contributed by atoms with Crippen molar-refractivity contribution in [3.05, 3.63) is 36.5 Å². The van der Waals surface area contributed by atoms with Gasteiger partial charge in [-0.3, -0.25) is 0 Å². The lowest BCUT2D eigenvalue weighted by Crippen LogP contribution is -2.36. The van der Waals surface area contributed by atoms with E-state index in [1.54, 1.807) is 11.3 Å². The number of benzene rings is 1. The number of anilines is 1. The predicted octanol–water partition coefficient (Wildman–Crippen LogP) is 3.02. The van der Waals surface area contributed by atoms with E-state index in [1.165, 1.54) is 35.1 Å². The highest BCUT2D eigenvalue weighted by atomic mass is 32.1. The molecule has 2 aromatic rings. The van der Waals surface area contributed by atoms with Crippen molar-refractivity contribution in [1.29, 1.82) is 0 Å². The summed E-state index contributed by atoms with van der Waals surface area (Å²) in [6.45, 7) is 2.34. The fraction of sp³-hybridized carbons (Fsp3) is 0.250. The summed E-state index contributed by atoms with van der Waals surface area (Å²) in [6, 6.07) is 10.4. The van der Waals surface area contributed by atoms with E-state index in [-0.39, 0.29) is 0 Å². The first-order valence-electron chi connectivity index (χ1n) is 5.20. The first-order valence-corrected chi connectivity index (χ1v) is 6.01. The lowest BCUT2D eigenvalue weighted by atomic mass is 10.2. The van der Waals surface area contributed by atoms with Gasteiger partial charge in [-0.2, -0.15) is 0 Å². The minimum atomic E-state index is 1.17. The third-order valence-corrected chi connectivity index (χ3v) is 3.79. The SMILES string of the molecule is c1ccc(-c2cnc(N3CCC3)s2)cc1. The molecule has 0 atom stereocenters. The molecule has 76 valence electrons. The van der Waals surface area contributed by atoms with Gasteiger partial charge in [0.25, 0.3) is 0 Å². The molecule has 1 aliphatic rings. The normalized spacial score (nSPS) is 15.1. The van der Waals surface area contributed by atoms with Crippen LogP contribution in [0.2, 0.25) is 0 Å². The molecule has 15 heavy (non-hydrogen) atoms. The minimum Gasteiger partial charge on any atom is -0.348 e. The Labute approximate surface area is 93.2 Å². The van der Waals surface area contributed by atoms with Crippen molar-refractivity contribution in [2.24, 2.45) is 0 Å². The summed E-state index contributed by atoms with van der Waals surface area (Å²) in [4.78, 5) is 8.05. The van der Waals surface area contributed by atoms with Crippen LogP contribution in [0.25, 0.3) is 10.4 Å². The summed E-state index contributed by atoms with van der Waals surface area (Å²) in [7, 11) is 0. The maximum absolute atomic E-state index is 4.46. The molecular formula is C12H12N2S. The fourth-order valence-electron chi connectivity index (χ4n) is 1.65. The average molecular weight is 216 g/mol. The Hall–Kier alpha value is -1.35. The molecule has 1 aromatic heterocycles. The van der Waals surface area contributed by atoms with Crippen molar-refractivity contribution in [1.82, 2.24) is 4.98 Å². The van der Waals surface area contributed by atoms with Crippen LogP contribution < -0.4 is 4.90 Å². The van der Waals surface area contributed by atoms with Crippen LogP contribution in [0.15, 0.2) is 36.5 Å². The van der Waals surface area contributed by atoms with Crippen molar-refractivity contribution >= 4 is 16.5 Å². The van der Waals surface area contributed by atoms with Gasteiger partial charge in [-0.15, -0.1) is 0 Å². The molecule has 2 heterocycles. The van der Waals surface area contributed by atoms with Crippen LogP contribution in [0.1, 0.15) is 6.42 Å². The van der Waals surface area contributed by atoms with Crippen LogP contribution in [0, 0.1) is 0 Å². The van der Waals surface area contributed by atoms with Crippen molar-refractivity contribution in [2.45, 2.75) is 6.42 Å². The molecule has 0 spiro atoms. The largest absolute Gasteiger partial charge is 0.348 e. The number of thiazole rings is 1. The van der Waals surface area contributed by atoms with E-state index < -0.39 is 0 Å². The molecule has 2 nitrogen and oxygen atoms in total. The molecule has 0 unspecified atom stereocenters. The molecule has 1 saturated heterocycles. The highest BCUT2D eigenvalue weighted by Crippen LogP contribution is 2.32. The smallest absolute Gasteiger partial charge is 0.185 e. The Bertz CT molecular complexity index is 446. The lowest BCUT2D eigenvalue weighted by Gasteiger charge is -2.30. The second kappa shape index (κ2) is 3.66. The van der Waals surface area contributed by atoms with Crippen molar-refractivity contribution in [3.8, 4) is 10.4 Å². The Balaban J connectivity index is 1.90. The molecule has 1 fully saturated rings. The van der Waals surface area contributed by atoms with E-state index in [9.17, 15) is 0 Å². The summed E-state index contributed by atoms with van der Waals surface area (Å²) in [6.07, 6.45) is 3.29. The second-order valence-electron chi connectivity index (χ2n) is 3.71. The van der Waals surface area contributed by atoms with Gasteiger partial charge in [0.1, 0.15) is 0 Å². The van der Waals surface area contributed by atoms with Crippen LogP contribution >= 0.6 is 11.3 Å². The zero-order valence-electron chi connectivity index (χ0n) is 8.39. The zero-order chi connectivity index (χ0) is 10.1. The van der Waals surface area contributed by atoms with Gasteiger partial charge in [0, 0.05) is 19.3 Å². The number of rotatable bonds is 2. The third kappa shape index (κ3) is 1.63. The number of hydrogen-bond acceptors (Lipinski definition) is 3. The standard InChI is InChI=1S/C12H12N2S/c1-2-5-10(6-3-1)11-9-13-12(15-11)14-7-4-8-14/h1-3,5-6,9H,4,7-8H2. The zero-order valence-corrected chi connectivity index (χ0v) is 9.20. The molecule has 0 amide bonds. The lowest BCUT2D eigenvalue weighted by molar-refractivity contribution is 0.616. The molecule has 0 radical (unpaired) electrons. The Morgan fingerprint density at radius 3 is 2.60 bits per heavy atom. The van der Waals surface area contributed by atoms with Gasteiger partial charge in [-0.25, -0.2) is 4.98 Å². The second-order valence-corrected chi connectivity index (χ2v) is 4.72. The molecule has 1 aliphatic heterocycles. The minimum absolute atomic E-state index is 1.17. The Morgan fingerprint density at radius 1 is 1.13 bits per heavy atom. The van der Waals surface area contributed by atoms with Gasteiger partial charge in [-0.1, -0.05) is 41.7 Å². The maximum atomic E-state index is 4.46. The van der Waals surface area contributed by atoms with Crippen LogP contribution in [-0.2, 0) is 0 Å².